The molecule has 0 saturated carbocycles. The van der Waals surface area contributed by atoms with Gasteiger partial charge < -0.3 is 35.3 Å². The van der Waals surface area contributed by atoms with Gasteiger partial charge in [0, 0.05) is 13.0 Å². The number of carbonyl (C=O) groups excluding carboxylic acids is 3. The molecule has 2 aromatic rings. The standard InChI is InChI=1S/C33H47N3O8/c1-22(2)16-18-43-26-13-11-24(12-14-26)20-29(31(38)39)36(30(37)27(34)19-23(3)4)28(32(40)42-5)15-17-35-33(41)44-21-25-9-7-6-8-10-25/h6-14,22-23,27-29H,15-21,34H2,1-5H3,(H,35,41)(H,38,39)/t27-,28+,29-/m0/s1. The number of hydrogen-bond acceptors (Lipinski definition) is 8. The van der Waals surface area contributed by atoms with Crippen LogP contribution in [-0.4, -0.2) is 72.3 Å². The number of esters is 1. The zero-order valence-corrected chi connectivity index (χ0v) is 26.4. The molecule has 0 bridgehead atoms. The summed E-state index contributed by atoms with van der Waals surface area (Å²) < 4.78 is 16.0. The largest absolute Gasteiger partial charge is 0.494 e. The Kier molecular flexibility index (Phi) is 15.2. The molecule has 0 spiro atoms. The number of nitrogens with one attached hydrogen (secondary N) is 1. The van der Waals surface area contributed by atoms with Crippen molar-refractivity contribution in [2.45, 2.75) is 78.1 Å². The molecule has 0 fully saturated rings. The normalized spacial score (nSPS) is 13.1. The number of aliphatic carboxylic acids is 1. The van der Waals surface area contributed by atoms with Crippen LogP contribution in [-0.2, 0) is 36.9 Å². The molecule has 3 atom stereocenters. The first-order valence-corrected chi connectivity index (χ1v) is 15.0. The van der Waals surface area contributed by atoms with E-state index in [0.29, 0.717) is 23.8 Å². The molecule has 0 aromatic heterocycles. The van der Waals surface area contributed by atoms with Crippen LogP contribution < -0.4 is 15.8 Å². The van der Waals surface area contributed by atoms with Crippen LogP contribution in [0.5, 0.6) is 5.75 Å². The van der Waals surface area contributed by atoms with Crippen LogP contribution in [0.1, 0.15) is 58.1 Å². The van der Waals surface area contributed by atoms with Crippen molar-refractivity contribution in [2.75, 3.05) is 20.3 Å². The molecule has 0 aliphatic heterocycles. The molecule has 11 nitrogen and oxygen atoms in total. The highest BCUT2D eigenvalue weighted by molar-refractivity contribution is 5.91. The number of nitrogens with zero attached hydrogens (tertiary/aromatic N) is 1. The third-order valence-electron chi connectivity index (χ3n) is 6.94. The van der Waals surface area contributed by atoms with Crippen molar-refractivity contribution in [1.82, 2.24) is 10.2 Å². The zero-order valence-electron chi connectivity index (χ0n) is 26.4. The number of hydrogen-bond donors (Lipinski definition) is 3. The minimum Gasteiger partial charge on any atom is -0.494 e. The fourth-order valence-corrected chi connectivity index (χ4v) is 4.58. The van der Waals surface area contributed by atoms with Crippen LogP contribution in [0, 0.1) is 11.8 Å². The highest BCUT2D eigenvalue weighted by Crippen LogP contribution is 2.21. The number of carboxylic acids is 1. The molecule has 0 unspecified atom stereocenters. The number of rotatable bonds is 18. The third-order valence-corrected chi connectivity index (χ3v) is 6.94. The maximum atomic E-state index is 13.8. The van der Waals surface area contributed by atoms with Crippen molar-refractivity contribution in [1.29, 1.82) is 0 Å². The van der Waals surface area contributed by atoms with E-state index < -0.39 is 42.1 Å². The van der Waals surface area contributed by atoms with E-state index in [4.69, 9.17) is 19.9 Å². The molecule has 0 radical (unpaired) electrons. The Morgan fingerprint density at radius 2 is 1.55 bits per heavy atom. The van der Waals surface area contributed by atoms with Gasteiger partial charge in [-0.25, -0.2) is 14.4 Å². The second-order valence-electron chi connectivity index (χ2n) is 11.5. The lowest BCUT2D eigenvalue weighted by atomic mass is 9.97. The molecular weight excluding hydrogens is 566 g/mol. The molecule has 0 saturated heterocycles. The number of benzene rings is 2. The second kappa shape index (κ2) is 18.5. The van der Waals surface area contributed by atoms with E-state index in [1.165, 1.54) is 0 Å². The van der Waals surface area contributed by atoms with E-state index >= 15 is 0 Å². The van der Waals surface area contributed by atoms with Gasteiger partial charge in [-0.1, -0.05) is 70.2 Å². The van der Waals surface area contributed by atoms with E-state index in [1.54, 1.807) is 24.3 Å². The fourth-order valence-electron chi connectivity index (χ4n) is 4.58. The van der Waals surface area contributed by atoms with Crippen LogP contribution in [0.3, 0.4) is 0 Å². The lowest BCUT2D eigenvalue weighted by molar-refractivity contribution is -0.161. The van der Waals surface area contributed by atoms with Gasteiger partial charge in [0.1, 0.15) is 24.4 Å². The summed E-state index contributed by atoms with van der Waals surface area (Å²) in [6.45, 7) is 8.50. The smallest absolute Gasteiger partial charge is 0.407 e. The van der Waals surface area contributed by atoms with Crippen LogP contribution in [0.25, 0.3) is 0 Å². The molecule has 242 valence electrons. The Hall–Kier alpha value is -4.12. The second-order valence-corrected chi connectivity index (χ2v) is 11.5. The Bertz CT molecular complexity index is 1190. The summed E-state index contributed by atoms with van der Waals surface area (Å²) in [5, 5.41) is 12.9. The molecule has 11 heteroatoms. The average Bonchev–Trinajstić information content (AvgIpc) is 2.98. The molecule has 0 heterocycles. The minimum absolute atomic E-state index is 0.0416. The Balaban J connectivity index is 2.26. The molecule has 2 amide bonds. The molecule has 4 N–H and O–H groups in total. The molecule has 0 aliphatic rings. The molecule has 0 aliphatic carbocycles. The van der Waals surface area contributed by atoms with Gasteiger partial charge >= 0.3 is 18.0 Å². The first-order chi connectivity index (χ1) is 20.9. The maximum Gasteiger partial charge on any atom is 0.407 e. The number of carboxylic acid groups (broad SMARTS) is 1. The summed E-state index contributed by atoms with van der Waals surface area (Å²) in [6.07, 6.45) is 0.228. The van der Waals surface area contributed by atoms with Gasteiger partial charge in [-0.3, -0.25) is 4.79 Å². The Labute approximate surface area is 260 Å². The van der Waals surface area contributed by atoms with Gasteiger partial charge in [-0.15, -0.1) is 0 Å². The topological polar surface area (TPSA) is 157 Å². The maximum absolute atomic E-state index is 13.8. The van der Waals surface area contributed by atoms with E-state index in [2.05, 4.69) is 19.2 Å². The van der Waals surface area contributed by atoms with Gasteiger partial charge in [-0.05, 0) is 54.4 Å². The number of carbonyl (C=O) groups is 4. The summed E-state index contributed by atoms with van der Waals surface area (Å²) >= 11 is 0. The average molecular weight is 614 g/mol. The van der Waals surface area contributed by atoms with Crippen LogP contribution in [0.2, 0.25) is 0 Å². The zero-order chi connectivity index (χ0) is 32.6. The van der Waals surface area contributed by atoms with Gasteiger partial charge in [0.25, 0.3) is 0 Å². The van der Waals surface area contributed by atoms with Crippen LogP contribution >= 0.6 is 0 Å². The van der Waals surface area contributed by atoms with Crippen molar-refractivity contribution in [3.63, 3.8) is 0 Å². The highest BCUT2D eigenvalue weighted by atomic mass is 16.5. The molecular formula is C33H47N3O8. The monoisotopic (exact) mass is 613 g/mol. The van der Waals surface area contributed by atoms with Crippen molar-refractivity contribution in [3.05, 3.63) is 65.7 Å². The van der Waals surface area contributed by atoms with E-state index in [9.17, 15) is 24.3 Å². The molecule has 44 heavy (non-hydrogen) atoms. The van der Waals surface area contributed by atoms with Gasteiger partial charge in [0.05, 0.1) is 19.8 Å². The number of methoxy groups -OCH3 is 1. The number of alkyl carbamates (subject to hydrolysis) is 1. The quantitative estimate of drug-likeness (QED) is 0.210. The Morgan fingerprint density at radius 1 is 0.886 bits per heavy atom. The minimum atomic E-state index is -1.44. The number of nitrogens with two attached hydrogens (primary N) is 1. The number of ether oxygens (including phenoxy) is 3. The lowest BCUT2D eigenvalue weighted by Crippen LogP contribution is -2.59. The van der Waals surface area contributed by atoms with Crippen LogP contribution in [0.15, 0.2) is 54.6 Å². The van der Waals surface area contributed by atoms with E-state index in [-0.39, 0.29) is 38.3 Å². The molecule has 2 aromatic carbocycles. The summed E-state index contributed by atoms with van der Waals surface area (Å²) in [6, 6.07) is 12.2. The summed E-state index contributed by atoms with van der Waals surface area (Å²) in [5.74, 6) is -1.65. The van der Waals surface area contributed by atoms with Crippen molar-refractivity contribution in [2.24, 2.45) is 17.6 Å². The van der Waals surface area contributed by atoms with Crippen molar-refractivity contribution >= 4 is 23.9 Å². The summed E-state index contributed by atoms with van der Waals surface area (Å²) in [7, 11) is 1.15. The molecule has 2 rings (SSSR count). The predicted octanol–water partition coefficient (Wildman–Crippen LogP) is 4.17. The summed E-state index contributed by atoms with van der Waals surface area (Å²) in [5.41, 5.74) is 7.66. The first kappa shape index (κ1) is 36.1. The highest BCUT2D eigenvalue weighted by Gasteiger charge is 2.41. The third kappa shape index (κ3) is 12.2. The Morgan fingerprint density at radius 3 is 2.11 bits per heavy atom. The van der Waals surface area contributed by atoms with Gasteiger partial charge in [0.2, 0.25) is 5.91 Å². The first-order valence-electron chi connectivity index (χ1n) is 15.0. The number of amides is 2. The van der Waals surface area contributed by atoms with Gasteiger partial charge in [-0.2, -0.15) is 0 Å². The van der Waals surface area contributed by atoms with E-state index in [0.717, 1.165) is 24.0 Å². The lowest BCUT2D eigenvalue weighted by Gasteiger charge is -2.36. The SMILES string of the molecule is COC(=O)[C@@H](CCNC(=O)OCc1ccccc1)N(C(=O)[C@@H](N)CC(C)C)[C@@H](Cc1ccc(OCCC(C)C)cc1)C(=O)O. The van der Waals surface area contributed by atoms with Crippen molar-refractivity contribution < 1.29 is 38.5 Å². The predicted molar refractivity (Wildman–Crippen MR) is 166 cm³/mol. The van der Waals surface area contributed by atoms with Gasteiger partial charge in [0.15, 0.2) is 0 Å². The summed E-state index contributed by atoms with van der Waals surface area (Å²) in [4.78, 5) is 52.8. The fraction of sp³-hybridized carbons (Fsp3) is 0.515. The van der Waals surface area contributed by atoms with E-state index in [1.807, 2.05) is 44.2 Å². The van der Waals surface area contributed by atoms with Crippen molar-refractivity contribution in [3.8, 4) is 5.75 Å². The van der Waals surface area contributed by atoms with Crippen LogP contribution in [0.4, 0.5) is 4.79 Å².